The van der Waals surface area contributed by atoms with Crippen LogP contribution < -0.4 is 0 Å². The Bertz CT molecular complexity index is 270. The van der Waals surface area contributed by atoms with Crippen molar-refractivity contribution in [2.45, 2.75) is 38.2 Å². The van der Waals surface area contributed by atoms with Crippen LogP contribution in [0.2, 0.25) is 0 Å². The molecule has 2 atom stereocenters. The normalized spacial score (nSPS) is 34.7. The van der Waals surface area contributed by atoms with Crippen molar-refractivity contribution in [2.75, 3.05) is 13.2 Å². The zero-order valence-electron chi connectivity index (χ0n) is 9.24. The molecule has 1 fully saturated rings. The Morgan fingerprint density at radius 1 is 1.60 bits per heavy atom. The number of hydrogen-bond donors (Lipinski definition) is 1. The molecule has 2 rings (SSSR count). The van der Waals surface area contributed by atoms with Crippen LogP contribution in [0, 0.1) is 5.41 Å². The molecule has 0 heterocycles. The third kappa shape index (κ3) is 2.16. The lowest BCUT2D eigenvalue weighted by atomic mass is 9.74. The molecule has 1 N–H and O–H groups in total. The molecule has 0 aromatic carbocycles. The largest absolute Gasteiger partial charge is 0.389 e. The van der Waals surface area contributed by atoms with Gasteiger partial charge in [0, 0.05) is 5.41 Å². The van der Waals surface area contributed by atoms with Crippen LogP contribution in [-0.2, 0) is 4.74 Å². The lowest BCUT2D eigenvalue weighted by Gasteiger charge is -2.35. The van der Waals surface area contributed by atoms with Gasteiger partial charge in [-0.2, -0.15) is 0 Å². The zero-order chi connectivity index (χ0) is 10.7. The van der Waals surface area contributed by atoms with Crippen molar-refractivity contribution in [3.63, 3.8) is 0 Å². The molecule has 0 amide bonds. The van der Waals surface area contributed by atoms with Gasteiger partial charge in [-0.1, -0.05) is 17.7 Å². The van der Waals surface area contributed by atoms with Gasteiger partial charge < -0.3 is 9.84 Å². The quantitative estimate of drug-likeness (QED) is 0.568. The van der Waals surface area contributed by atoms with E-state index in [0.717, 1.165) is 25.9 Å². The van der Waals surface area contributed by atoms with Gasteiger partial charge in [-0.25, -0.2) is 0 Å². The Kier molecular flexibility index (Phi) is 3.27. The predicted octanol–water partition coefficient (Wildman–Crippen LogP) is 2.44. The number of hydrogen-bond acceptors (Lipinski definition) is 2. The van der Waals surface area contributed by atoms with E-state index in [1.54, 1.807) is 6.08 Å². The van der Waals surface area contributed by atoms with E-state index in [1.165, 1.54) is 18.4 Å². The number of rotatable bonds is 4. The topological polar surface area (TPSA) is 29.5 Å². The van der Waals surface area contributed by atoms with Crippen LogP contribution in [0.5, 0.6) is 0 Å². The van der Waals surface area contributed by atoms with Crippen LogP contribution in [0.4, 0.5) is 0 Å². The first kappa shape index (κ1) is 10.9. The highest BCUT2D eigenvalue weighted by Gasteiger charge is 2.40. The lowest BCUT2D eigenvalue weighted by molar-refractivity contribution is 0.0606. The molecular formula is C13H20O2. The fourth-order valence-corrected chi connectivity index (χ4v) is 2.90. The first-order valence-corrected chi connectivity index (χ1v) is 5.85. The highest BCUT2D eigenvalue weighted by molar-refractivity contribution is 5.23. The van der Waals surface area contributed by atoms with E-state index in [1.807, 2.05) is 0 Å². The molecule has 2 aliphatic rings. The van der Waals surface area contributed by atoms with Crippen molar-refractivity contribution in [2.24, 2.45) is 5.41 Å². The van der Waals surface area contributed by atoms with E-state index in [-0.39, 0.29) is 11.5 Å². The summed E-state index contributed by atoms with van der Waals surface area (Å²) in [6, 6.07) is 0. The van der Waals surface area contributed by atoms with Crippen LogP contribution in [-0.4, -0.2) is 24.4 Å². The molecule has 2 heteroatoms. The second-order valence-electron chi connectivity index (χ2n) is 4.74. The average molecular weight is 208 g/mol. The summed E-state index contributed by atoms with van der Waals surface area (Å²) in [6.45, 7) is 5.10. The van der Waals surface area contributed by atoms with E-state index < -0.39 is 0 Å². The summed E-state index contributed by atoms with van der Waals surface area (Å²) in [6.07, 6.45) is 9.23. The molecule has 0 spiro atoms. The molecule has 2 nitrogen and oxygen atoms in total. The molecule has 0 aliphatic heterocycles. The van der Waals surface area contributed by atoms with E-state index in [0.29, 0.717) is 6.61 Å². The van der Waals surface area contributed by atoms with E-state index in [9.17, 15) is 5.11 Å². The van der Waals surface area contributed by atoms with Gasteiger partial charge in [-0.15, -0.1) is 6.58 Å². The van der Waals surface area contributed by atoms with E-state index in [2.05, 4.69) is 12.7 Å². The fourth-order valence-electron chi connectivity index (χ4n) is 2.90. The van der Waals surface area contributed by atoms with Crippen LogP contribution >= 0.6 is 0 Å². The Balaban J connectivity index is 2.04. The molecular weight excluding hydrogens is 188 g/mol. The molecule has 0 aromatic heterocycles. The average Bonchev–Trinajstić information content (AvgIpc) is 2.62. The minimum Gasteiger partial charge on any atom is -0.389 e. The Morgan fingerprint density at radius 3 is 3.27 bits per heavy atom. The van der Waals surface area contributed by atoms with Gasteiger partial charge in [0.2, 0.25) is 0 Å². The summed E-state index contributed by atoms with van der Waals surface area (Å²) >= 11 is 0. The Morgan fingerprint density at radius 2 is 2.47 bits per heavy atom. The summed E-state index contributed by atoms with van der Waals surface area (Å²) < 4.78 is 5.62. The molecule has 0 radical (unpaired) electrons. The van der Waals surface area contributed by atoms with Crippen molar-refractivity contribution >= 4 is 0 Å². The standard InChI is InChI=1S/C13H20O2/c1-2-8-15-10-13-6-3-4-11(13)9-12(14)5-7-13/h2,9,12,14H,1,3-8,10H2/t12-,13-/m0/s1. The maximum atomic E-state index is 9.61. The van der Waals surface area contributed by atoms with Crippen LogP contribution in [0.25, 0.3) is 0 Å². The minimum absolute atomic E-state index is 0.217. The van der Waals surface area contributed by atoms with E-state index in [4.69, 9.17) is 4.74 Å². The van der Waals surface area contributed by atoms with Crippen molar-refractivity contribution in [1.29, 1.82) is 0 Å². The van der Waals surface area contributed by atoms with Gasteiger partial charge >= 0.3 is 0 Å². The van der Waals surface area contributed by atoms with Crippen LogP contribution in [0.1, 0.15) is 32.1 Å². The van der Waals surface area contributed by atoms with Crippen LogP contribution in [0.15, 0.2) is 24.3 Å². The minimum atomic E-state index is -0.217. The van der Waals surface area contributed by atoms with Crippen LogP contribution in [0.3, 0.4) is 0 Å². The molecule has 0 unspecified atom stereocenters. The Hall–Kier alpha value is -0.600. The third-order valence-electron chi connectivity index (χ3n) is 3.71. The molecule has 1 saturated carbocycles. The third-order valence-corrected chi connectivity index (χ3v) is 3.71. The summed E-state index contributed by atoms with van der Waals surface area (Å²) in [5, 5.41) is 9.61. The van der Waals surface area contributed by atoms with Gasteiger partial charge in [-0.05, 0) is 32.1 Å². The summed E-state index contributed by atoms with van der Waals surface area (Å²) in [7, 11) is 0. The van der Waals surface area contributed by atoms with Crippen molar-refractivity contribution in [3.05, 3.63) is 24.3 Å². The SMILES string of the molecule is C=CCOC[C@@]12CCCC1=C[C@@H](O)CC2. The monoisotopic (exact) mass is 208 g/mol. The zero-order valence-corrected chi connectivity index (χ0v) is 9.24. The summed E-state index contributed by atoms with van der Waals surface area (Å²) in [5.74, 6) is 0. The summed E-state index contributed by atoms with van der Waals surface area (Å²) in [5.41, 5.74) is 1.69. The molecule has 84 valence electrons. The number of aliphatic hydroxyl groups is 1. The smallest absolute Gasteiger partial charge is 0.0724 e. The van der Waals surface area contributed by atoms with Crippen molar-refractivity contribution in [3.8, 4) is 0 Å². The first-order chi connectivity index (χ1) is 7.27. The number of fused-ring (bicyclic) bond motifs is 1. The molecule has 0 saturated heterocycles. The molecule has 0 bridgehead atoms. The van der Waals surface area contributed by atoms with Gasteiger partial charge in [0.05, 0.1) is 19.3 Å². The number of aliphatic hydroxyl groups excluding tert-OH is 1. The van der Waals surface area contributed by atoms with Gasteiger partial charge in [-0.3, -0.25) is 0 Å². The van der Waals surface area contributed by atoms with Gasteiger partial charge in [0.1, 0.15) is 0 Å². The first-order valence-electron chi connectivity index (χ1n) is 5.85. The highest BCUT2D eigenvalue weighted by Crippen LogP contribution is 2.49. The summed E-state index contributed by atoms with van der Waals surface area (Å²) in [4.78, 5) is 0. The maximum Gasteiger partial charge on any atom is 0.0724 e. The second-order valence-corrected chi connectivity index (χ2v) is 4.74. The fraction of sp³-hybridized carbons (Fsp3) is 0.692. The lowest BCUT2D eigenvalue weighted by Crippen LogP contribution is -2.31. The molecule has 0 aromatic rings. The van der Waals surface area contributed by atoms with Crippen molar-refractivity contribution in [1.82, 2.24) is 0 Å². The molecule has 2 aliphatic carbocycles. The Labute approximate surface area is 91.6 Å². The molecule has 15 heavy (non-hydrogen) atoms. The predicted molar refractivity (Wildman–Crippen MR) is 60.6 cm³/mol. The number of ether oxygens (including phenoxy) is 1. The van der Waals surface area contributed by atoms with Gasteiger partial charge in [0.15, 0.2) is 0 Å². The van der Waals surface area contributed by atoms with Crippen molar-refractivity contribution < 1.29 is 9.84 Å². The maximum absolute atomic E-state index is 9.61. The highest BCUT2D eigenvalue weighted by atomic mass is 16.5. The van der Waals surface area contributed by atoms with Gasteiger partial charge in [0.25, 0.3) is 0 Å². The second kappa shape index (κ2) is 4.50. The van der Waals surface area contributed by atoms with E-state index >= 15 is 0 Å².